The van der Waals surface area contributed by atoms with Crippen LogP contribution in [0, 0.1) is 0 Å². The molecule has 1 aromatic heterocycles. The average Bonchev–Trinajstić information content (AvgIpc) is 3.16. The molecule has 1 N–H and O–H groups in total. The van der Waals surface area contributed by atoms with Crippen molar-refractivity contribution >= 4 is 11.7 Å². The Bertz CT molecular complexity index is 832. The fourth-order valence-electron chi connectivity index (χ4n) is 3.37. The summed E-state index contributed by atoms with van der Waals surface area (Å²) in [6.07, 6.45) is 3.23. The third kappa shape index (κ3) is 4.17. The van der Waals surface area contributed by atoms with Gasteiger partial charge in [0.2, 0.25) is 6.79 Å². The Hall–Kier alpha value is -2.87. The SMILES string of the molecule is CC(C)NC(=O)c1cnc(N2CCN(Cc3ccc4c(c3)OCO4)CC2)cn1. The molecule has 8 heteroatoms. The number of piperazine rings is 1. The van der Waals surface area contributed by atoms with Crippen LogP contribution in [-0.2, 0) is 6.54 Å². The molecule has 3 heterocycles. The maximum Gasteiger partial charge on any atom is 0.271 e. The van der Waals surface area contributed by atoms with Crippen LogP contribution in [0.25, 0.3) is 0 Å². The smallest absolute Gasteiger partial charge is 0.271 e. The lowest BCUT2D eigenvalue weighted by molar-refractivity contribution is 0.0937. The van der Waals surface area contributed by atoms with Crippen LogP contribution in [0.3, 0.4) is 0 Å². The normalized spacial score (nSPS) is 16.5. The van der Waals surface area contributed by atoms with Crippen LogP contribution in [0.4, 0.5) is 5.82 Å². The standard InChI is InChI=1S/C20H25N5O3/c1-14(2)23-20(26)16-10-22-19(11-21-16)25-7-5-24(6-8-25)12-15-3-4-17-18(9-15)28-13-27-17/h3-4,9-11,14H,5-8,12-13H2,1-2H3,(H,23,26). The molecule has 148 valence electrons. The number of rotatable bonds is 5. The zero-order valence-electron chi connectivity index (χ0n) is 16.2. The summed E-state index contributed by atoms with van der Waals surface area (Å²) in [7, 11) is 0. The Labute approximate surface area is 164 Å². The van der Waals surface area contributed by atoms with Gasteiger partial charge in [0.1, 0.15) is 11.5 Å². The minimum absolute atomic E-state index is 0.0758. The molecule has 0 bridgehead atoms. The van der Waals surface area contributed by atoms with Crippen LogP contribution in [-0.4, -0.2) is 59.8 Å². The zero-order chi connectivity index (χ0) is 19.5. The third-order valence-corrected chi connectivity index (χ3v) is 4.83. The van der Waals surface area contributed by atoms with E-state index in [9.17, 15) is 4.79 Å². The number of ether oxygens (including phenoxy) is 2. The van der Waals surface area contributed by atoms with E-state index >= 15 is 0 Å². The largest absolute Gasteiger partial charge is 0.454 e. The van der Waals surface area contributed by atoms with Crippen LogP contribution >= 0.6 is 0 Å². The van der Waals surface area contributed by atoms with Crippen molar-refractivity contribution in [1.82, 2.24) is 20.2 Å². The summed E-state index contributed by atoms with van der Waals surface area (Å²) in [6, 6.07) is 6.19. The molecule has 4 rings (SSSR count). The van der Waals surface area contributed by atoms with Crippen molar-refractivity contribution in [2.24, 2.45) is 0 Å². The van der Waals surface area contributed by atoms with E-state index in [1.165, 1.54) is 5.56 Å². The molecule has 0 aliphatic carbocycles. The lowest BCUT2D eigenvalue weighted by atomic mass is 10.1. The Morgan fingerprint density at radius 1 is 1.11 bits per heavy atom. The predicted octanol–water partition coefficient (Wildman–Crippen LogP) is 1.67. The minimum Gasteiger partial charge on any atom is -0.454 e. The molecular formula is C20H25N5O3. The fraction of sp³-hybridized carbons (Fsp3) is 0.450. The highest BCUT2D eigenvalue weighted by Crippen LogP contribution is 2.32. The summed E-state index contributed by atoms with van der Waals surface area (Å²) in [5.41, 5.74) is 1.57. The molecule has 0 unspecified atom stereocenters. The van der Waals surface area contributed by atoms with E-state index in [4.69, 9.17) is 9.47 Å². The molecular weight excluding hydrogens is 358 g/mol. The van der Waals surface area contributed by atoms with Crippen molar-refractivity contribution < 1.29 is 14.3 Å². The van der Waals surface area contributed by atoms with E-state index in [0.29, 0.717) is 12.5 Å². The monoisotopic (exact) mass is 383 g/mol. The van der Waals surface area contributed by atoms with Crippen LogP contribution < -0.4 is 19.7 Å². The van der Waals surface area contributed by atoms with Gasteiger partial charge >= 0.3 is 0 Å². The first-order valence-electron chi connectivity index (χ1n) is 9.57. The van der Waals surface area contributed by atoms with E-state index < -0.39 is 0 Å². The quantitative estimate of drug-likeness (QED) is 0.841. The third-order valence-electron chi connectivity index (χ3n) is 4.83. The van der Waals surface area contributed by atoms with E-state index in [2.05, 4.69) is 37.2 Å². The predicted molar refractivity (Wildman–Crippen MR) is 105 cm³/mol. The number of nitrogens with one attached hydrogen (secondary N) is 1. The number of hydrogen-bond acceptors (Lipinski definition) is 7. The summed E-state index contributed by atoms with van der Waals surface area (Å²) in [5, 5.41) is 2.82. The first kappa shape index (κ1) is 18.5. The Kier molecular flexibility index (Phi) is 5.29. The molecule has 2 aromatic rings. The van der Waals surface area contributed by atoms with Crippen molar-refractivity contribution in [1.29, 1.82) is 0 Å². The van der Waals surface area contributed by atoms with E-state index in [1.54, 1.807) is 12.4 Å². The maximum absolute atomic E-state index is 12.0. The van der Waals surface area contributed by atoms with Crippen molar-refractivity contribution in [2.75, 3.05) is 37.9 Å². The van der Waals surface area contributed by atoms with Crippen LogP contribution in [0.5, 0.6) is 11.5 Å². The first-order chi connectivity index (χ1) is 13.6. The maximum atomic E-state index is 12.0. The number of fused-ring (bicyclic) bond motifs is 1. The fourth-order valence-corrected chi connectivity index (χ4v) is 3.37. The minimum atomic E-state index is -0.192. The molecule has 2 aliphatic rings. The van der Waals surface area contributed by atoms with Crippen molar-refractivity contribution in [2.45, 2.75) is 26.4 Å². The van der Waals surface area contributed by atoms with Crippen molar-refractivity contribution in [3.05, 3.63) is 41.9 Å². The van der Waals surface area contributed by atoms with E-state index in [-0.39, 0.29) is 11.9 Å². The number of aromatic nitrogens is 2. The topological polar surface area (TPSA) is 79.8 Å². The molecule has 1 aromatic carbocycles. The number of hydrogen-bond donors (Lipinski definition) is 1. The van der Waals surface area contributed by atoms with Crippen molar-refractivity contribution in [3.63, 3.8) is 0 Å². The molecule has 1 saturated heterocycles. The highest BCUT2D eigenvalue weighted by molar-refractivity contribution is 5.92. The highest BCUT2D eigenvalue weighted by atomic mass is 16.7. The Morgan fingerprint density at radius 2 is 1.89 bits per heavy atom. The molecule has 1 amide bonds. The van der Waals surface area contributed by atoms with Gasteiger partial charge in [0.25, 0.3) is 5.91 Å². The number of carbonyl (C=O) groups excluding carboxylic acids is 1. The number of anilines is 1. The van der Waals surface area contributed by atoms with Crippen LogP contribution in [0.2, 0.25) is 0 Å². The van der Waals surface area contributed by atoms with Gasteiger partial charge in [-0.1, -0.05) is 6.07 Å². The van der Waals surface area contributed by atoms with Gasteiger partial charge in [-0.05, 0) is 31.5 Å². The van der Waals surface area contributed by atoms with E-state index in [0.717, 1.165) is 50.0 Å². The summed E-state index contributed by atoms with van der Waals surface area (Å²) in [4.78, 5) is 25.3. The average molecular weight is 383 g/mol. The number of amides is 1. The van der Waals surface area contributed by atoms with Crippen LogP contribution in [0.1, 0.15) is 29.9 Å². The van der Waals surface area contributed by atoms with Gasteiger partial charge in [0, 0.05) is 38.8 Å². The molecule has 1 fully saturated rings. The highest BCUT2D eigenvalue weighted by Gasteiger charge is 2.20. The summed E-state index contributed by atoms with van der Waals surface area (Å²) >= 11 is 0. The van der Waals surface area contributed by atoms with Crippen molar-refractivity contribution in [3.8, 4) is 11.5 Å². The van der Waals surface area contributed by atoms with Gasteiger partial charge in [0.15, 0.2) is 11.5 Å². The molecule has 0 atom stereocenters. The molecule has 0 saturated carbocycles. The second-order valence-electron chi connectivity index (χ2n) is 7.34. The Morgan fingerprint density at radius 3 is 2.61 bits per heavy atom. The molecule has 0 spiro atoms. The van der Waals surface area contributed by atoms with Gasteiger partial charge in [0.05, 0.1) is 12.4 Å². The van der Waals surface area contributed by atoms with Crippen LogP contribution in [0.15, 0.2) is 30.6 Å². The summed E-state index contributed by atoms with van der Waals surface area (Å²) < 4.78 is 10.8. The number of nitrogens with zero attached hydrogens (tertiary/aromatic N) is 4. The lowest BCUT2D eigenvalue weighted by Crippen LogP contribution is -2.46. The molecule has 8 nitrogen and oxygen atoms in total. The van der Waals surface area contributed by atoms with Gasteiger partial charge in [-0.3, -0.25) is 9.69 Å². The number of benzene rings is 1. The van der Waals surface area contributed by atoms with E-state index in [1.807, 2.05) is 19.9 Å². The summed E-state index contributed by atoms with van der Waals surface area (Å²) in [5.74, 6) is 2.26. The van der Waals surface area contributed by atoms with Gasteiger partial charge < -0.3 is 19.7 Å². The first-order valence-corrected chi connectivity index (χ1v) is 9.57. The zero-order valence-corrected chi connectivity index (χ0v) is 16.2. The summed E-state index contributed by atoms with van der Waals surface area (Å²) in [6.45, 7) is 8.64. The van der Waals surface area contributed by atoms with Gasteiger partial charge in [-0.25, -0.2) is 9.97 Å². The number of carbonyl (C=O) groups is 1. The Balaban J connectivity index is 1.31. The molecule has 28 heavy (non-hydrogen) atoms. The molecule has 0 radical (unpaired) electrons. The second-order valence-corrected chi connectivity index (χ2v) is 7.34. The molecule has 2 aliphatic heterocycles. The van der Waals surface area contributed by atoms with Gasteiger partial charge in [-0.15, -0.1) is 0 Å². The van der Waals surface area contributed by atoms with Gasteiger partial charge in [-0.2, -0.15) is 0 Å². The lowest BCUT2D eigenvalue weighted by Gasteiger charge is -2.35. The second kappa shape index (κ2) is 8.02.